The summed E-state index contributed by atoms with van der Waals surface area (Å²) in [5, 5.41) is 9.63. The topological polar surface area (TPSA) is 68.0 Å². The van der Waals surface area contributed by atoms with Crippen LogP contribution in [-0.2, 0) is 17.6 Å². The highest BCUT2D eigenvalue weighted by Gasteiger charge is 2.09. The lowest BCUT2D eigenvalue weighted by Crippen LogP contribution is -2.34. The van der Waals surface area contributed by atoms with E-state index >= 15 is 0 Å². The fraction of sp³-hybridized carbons (Fsp3) is 0.385. The number of rotatable bonds is 6. The van der Waals surface area contributed by atoms with Gasteiger partial charge in [0, 0.05) is 17.8 Å². The molecule has 0 fully saturated rings. The molecular formula is C13H17N3OS2. The van der Waals surface area contributed by atoms with Crippen molar-refractivity contribution in [1.82, 2.24) is 10.3 Å². The summed E-state index contributed by atoms with van der Waals surface area (Å²) in [7, 11) is 0. The van der Waals surface area contributed by atoms with E-state index in [1.54, 1.807) is 11.3 Å². The monoisotopic (exact) mass is 295 g/mol. The van der Waals surface area contributed by atoms with E-state index in [4.69, 9.17) is 5.73 Å². The summed E-state index contributed by atoms with van der Waals surface area (Å²) in [6.07, 6.45) is 1.97. The molecule has 2 aromatic rings. The van der Waals surface area contributed by atoms with Crippen LogP contribution in [-0.4, -0.2) is 16.9 Å². The predicted octanol–water partition coefficient (Wildman–Crippen LogP) is 2.47. The molecule has 2 aromatic heterocycles. The number of nitrogen functional groups attached to an aromatic ring is 1. The van der Waals surface area contributed by atoms with E-state index in [0.717, 1.165) is 12.1 Å². The summed E-state index contributed by atoms with van der Waals surface area (Å²) in [5.41, 5.74) is 7.71. The van der Waals surface area contributed by atoms with E-state index in [1.165, 1.54) is 16.9 Å². The highest BCUT2D eigenvalue weighted by Crippen LogP contribution is 2.12. The minimum Gasteiger partial charge on any atom is -0.375 e. The van der Waals surface area contributed by atoms with Crippen molar-refractivity contribution in [3.63, 3.8) is 0 Å². The lowest BCUT2D eigenvalue weighted by Gasteiger charge is -2.12. The summed E-state index contributed by atoms with van der Waals surface area (Å²) in [6.45, 7) is 2.02. The zero-order valence-corrected chi connectivity index (χ0v) is 12.4. The van der Waals surface area contributed by atoms with Gasteiger partial charge in [0.1, 0.15) is 0 Å². The predicted molar refractivity (Wildman–Crippen MR) is 80.5 cm³/mol. The quantitative estimate of drug-likeness (QED) is 0.860. The Balaban J connectivity index is 1.71. The highest BCUT2D eigenvalue weighted by atomic mass is 32.1. The Hall–Kier alpha value is -1.40. The maximum Gasteiger partial charge on any atom is 0.220 e. The SMILES string of the molecule is C[C@@H](Cc1ccsc1)NC(=O)CCc1csc(N)n1. The first kappa shape index (κ1) is 14.0. The van der Waals surface area contributed by atoms with Crippen LogP contribution in [0.4, 0.5) is 5.13 Å². The van der Waals surface area contributed by atoms with Gasteiger partial charge in [-0.25, -0.2) is 4.98 Å². The van der Waals surface area contributed by atoms with E-state index < -0.39 is 0 Å². The fourth-order valence-corrected chi connectivity index (χ4v) is 3.12. The van der Waals surface area contributed by atoms with Crippen molar-refractivity contribution in [3.8, 4) is 0 Å². The number of nitrogens with zero attached hydrogens (tertiary/aromatic N) is 1. The molecule has 2 rings (SSSR count). The van der Waals surface area contributed by atoms with Gasteiger partial charge in [-0.2, -0.15) is 11.3 Å². The summed E-state index contributed by atoms with van der Waals surface area (Å²) < 4.78 is 0. The lowest BCUT2D eigenvalue weighted by molar-refractivity contribution is -0.121. The number of thiazole rings is 1. The molecule has 1 amide bonds. The number of nitrogens with one attached hydrogen (secondary N) is 1. The zero-order valence-electron chi connectivity index (χ0n) is 10.8. The number of carbonyl (C=O) groups excluding carboxylic acids is 1. The summed E-state index contributed by atoms with van der Waals surface area (Å²) in [6, 6.07) is 2.24. The van der Waals surface area contributed by atoms with Gasteiger partial charge < -0.3 is 11.1 Å². The van der Waals surface area contributed by atoms with E-state index in [1.807, 2.05) is 12.3 Å². The van der Waals surface area contributed by atoms with Gasteiger partial charge >= 0.3 is 0 Å². The third-order valence-corrected chi connectivity index (χ3v) is 4.16. The first-order valence-electron chi connectivity index (χ1n) is 6.14. The standard InChI is InChI=1S/C13H17N3OS2/c1-9(6-10-4-5-18-7-10)15-12(17)3-2-11-8-19-13(14)16-11/h4-5,7-9H,2-3,6H2,1H3,(H2,14,16)(H,15,17)/t9-/m0/s1. The maximum absolute atomic E-state index is 11.8. The fourth-order valence-electron chi connectivity index (χ4n) is 1.84. The van der Waals surface area contributed by atoms with Crippen LogP contribution < -0.4 is 11.1 Å². The average Bonchev–Trinajstić information content (AvgIpc) is 2.98. The summed E-state index contributed by atoms with van der Waals surface area (Å²) in [4.78, 5) is 15.9. The van der Waals surface area contributed by atoms with Crippen LogP contribution >= 0.6 is 22.7 Å². The molecule has 6 heteroatoms. The van der Waals surface area contributed by atoms with Gasteiger partial charge in [-0.15, -0.1) is 11.3 Å². The number of anilines is 1. The molecule has 0 saturated heterocycles. The van der Waals surface area contributed by atoms with Crippen LogP contribution in [0, 0.1) is 0 Å². The molecule has 0 unspecified atom stereocenters. The molecule has 102 valence electrons. The van der Waals surface area contributed by atoms with Gasteiger partial charge in [0.2, 0.25) is 5.91 Å². The van der Waals surface area contributed by atoms with E-state index in [2.05, 4.69) is 27.1 Å². The van der Waals surface area contributed by atoms with Crippen molar-refractivity contribution in [2.24, 2.45) is 0 Å². The van der Waals surface area contributed by atoms with E-state index in [0.29, 0.717) is 18.0 Å². The smallest absolute Gasteiger partial charge is 0.220 e. The third kappa shape index (κ3) is 4.65. The second-order valence-electron chi connectivity index (χ2n) is 4.48. The molecule has 3 N–H and O–H groups in total. The van der Waals surface area contributed by atoms with Gasteiger partial charge in [-0.3, -0.25) is 4.79 Å². The van der Waals surface area contributed by atoms with Crippen LogP contribution in [0.5, 0.6) is 0 Å². The normalized spacial score (nSPS) is 12.3. The Morgan fingerprint density at radius 1 is 1.53 bits per heavy atom. The van der Waals surface area contributed by atoms with Gasteiger partial charge in [-0.1, -0.05) is 0 Å². The van der Waals surface area contributed by atoms with Crippen LogP contribution in [0.1, 0.15) is 24.6 Å². The Labute approximate surface area is 120 Å². The van der Waals surface area contributed by atoms with Gasteiger partial charge in [-0.05, 0) is 42.2 Å². The highest BCUT2D eigenvalue weighted by molar-refractivity contribution is 7.13. The van der Waals surface area contributed by atoms with Crippen molar-refractivity contribution in [1.29, 1.82) is 0 Å². The third-order valence-electron chi connectivity index (χ3n) is 2.71. The number of hydrogen-bond donors (Lipinski definition) is 2. The summed E-state index contributed by atoms with van der Waals surface area (Å²) >= 11 is 3.09. The second kappa shape index (κ2) is 6.68. The van der Waals surface area contributed by atoms with Crippen LogP contribution in [0.25, 0.3) is 0 Å². The Kier molecular flexibility index (Phi) is 4.93. The number of thiophene rings is 1. The molecule has 0 aromatic carbocycles. The van der Waals surface area contributed by atoms with Crippen LogP contribution in [0.15, 0.2) is 22.2 Å². The average molecular weight is 295 g/mol. The summed E-state index contributed by atoms with van der Waals surface area (Å²) in [5.74, 6) is 0.0642. The number of carbonyl (C=O) groups is 1. The molecule has 0 aliphatic rings. The van der Waals surface area contributed by atoms with Crippen molar-refractivity contribution in [3.05, 3.63) is 33.5 Å². The first-order chi connectivity index (χ1) is 9.13. The van der Waals surface area contributed by atoms with E-state index in [9.17, 15) is 4.79 Å². The molecule has 2 heterocycles. The molecule has 0 saturated carbocycles. The first-order valence-corrected chi connectivity index (χ1v) is 7.96. The molecule has 0 bridgehead atoms. The Morgan fingerprint density at radius 2 is 2.37 bits per heavy atom. The maximum atomic E-state index is 11.8. The second-order valence-corrected chi connectivity index (χ2v) is 6.15. The Bertz CT molecular complexity index is 522. The molecular weight excluding hydrogens is 278 g/mol. The number of amides is 1. The zero-order chi connectivity index (χ0) is 13.7. The van der Waals surface area contributed by atoms with Crippen molar-refractivity contribution >= 4 is 33.7 Å². The molecule has 4 nitrogen and oxygen atoms in total. The van der Waals surface area contributed by atoms with Gasteiger partial charge in [0.25, 0.3) is 0 Å². The number of aromatic nitrogens is 1. The molecule has 0 spiro atoms. The van der Waals surface area contributed by atoms with Crippen LogP contribution in [0.2, 0.25) is 0 Å². The lowest BCUT2D eigenvalue weighted by atomic mass is 10.1. The van der Waals surface area contributed by atoms with Crippen molar-refractivity contribution in [2.45, 2.75) is 32.2 Å². The van der Waals surface area contributed by atoms with Crippen molar-refractivity contribution < 1.29 is 4.79 Å². The molecule has 1 atom stereocenters. The Morgan fingerprint density at radius 3 is 3.00 bits per heavy atom. The molecule has 0 aliphatic heterocycles. The minimum absolute atomic E-state index is 0.0642. The number of aryl methyl sites for hydroxylation is 1. The molecule has 0 aliphatic carbocycles. The largest absolute Gasteiger partial charge is 0.375 e. The van der Waals surface area contributed by atoms with Gasteiger partial charge in [0.15, 0.2) is 5.13 Å². The molecule has 0 radical (unpaired) electrons. The van der Waals surface area contributed by atoms with E-state index in [-0.39, 0.29) is 11.9 Å². The molecule has 19 heavy (non-hydrogen) atoms. The van der Waals surface area contributed by atoms with Gasteiger partial charge in [0.05, 0.1) is 5.69 Å². The van der Waals surface area contributed by atoms with Crippen molar-refractivity contribution in [2.75, 3.05) is 5.73 Å². The van der Waals surface area contributed by atoms with Crippen LogP contribution in [0.3, 0.4) is 0 Å². The number of nitrogens with two attached hydrogens (primary N) is 1. The minimum atomic E-state index is 0.0642. The number of hydrogen-bond acceptors (Lipinski definition) is 5.